The van der Waals surface area contributed by atoms with Crippen LogP contribution < -0.4 is 0 Å². The summed E-state index contributed by atoms with van der Waals surface area (Å²) in [6.07, 6.45) is -3.11. The van der Waals surface area contributed by atoms with E-state index >= 15 is 0 Å². The molecular weight excluding hydrogens is 921 g/mol. The second kappa shape index (κ2) is 33.8. The van der Waals surface area contributed by atoms with Gasteiger partial charge in [0.1, 0.15) is 43.2 Å². The van der Waals surface area contributed by atoms with Gasteiger partial charge >= 0.3 is 35.4 Å². The predicted molar refractivity (Wildman–Crippen MR) is 262 cm³/mol. The van der Waals surface area contributed by atoms with Crippen molar-refractivity contribution in [3.8, 4) is 82.9 Å². The zero-order valence-corrected chi connectivity index (χ0v) is 38.9. The summed E-state index contributed by atoms with van der Waals surface area (Å²) in [5, 5.41) is 31.7. The van der Waals surface area contributed by atoms with Crippen LogP contribution in [0.4, 0.5) is 0 Å². The van der Waals surface area contributed by atoms with Crippen LogP contribution in [0.2, 0.25) is 0 Å². The Morgan fingerprint density at radius 3 is 1.34 bits per heavy atom. The fourth-order valence-electron chi connectivity index (χ4n) is 5.53. The monoisotopic (exact) mass is 1000 g/mol. The Morgan fingerprint density at radius 2 is 0.938 bits per heavy atom. The van der Waals surface area contributed by atoms with E-state index in [2.05, 4.69) is 92.9 Å². The van der Waals surface area contributed by atoms with Gasteiger partial charge in [-0.1, -0.05) is 89.9 Å². The van der Waals surface area contributed by atoms with E-state index in [4.69, 9.17) is 18.5 Å². The maximum atomic E-state index is 13.0. The van der Waals surface area contributed by atoms with E-state index in [-0.39, 0.29) is 38.5 Å². The third-order valence-corrected chi connectivity index (χ3v) is 10.4. The smallest absolute Gasteiger partial charge is 0.456 e. The van der Waals surface area contributed by atoms with Crippen LogP contribution in [-0.4, -0.2) is 108 Å². The van der Waals surface area contributed by atoms with Gasteiger partial charge < -0.3 is 49.3 Å². The van der Waals surface area contributed by atoms with Gasteiger partial charge in [-0.25, -0.2) is 18.5 Å². The largest absolute Gasteiger partial charge is 0.472 e. The van der Waals surface area contributed by atoms with E-state index in [1.54, 1.807) is 6.92 Å². The van der Waals surface area contributed by atoms with Crippen molar-refractivity contribution in [2.24, 2.45) is 0 Å². The number of aliphatic hydroxyl groups excluding tert-OH is 3. The number of hydrogen-bond donors (Lipinski definition) is 8. The number of phosphoric acid groups is 3. The topological polar surface area (TPSA) is 303 Å². The normalized spacial score (nSPS) is 20.0. The quantitative estimate of drug-likeness (QED) is 0.0166. The van der Waals surface area contributed by atoms with E-state index in [1.165, 1.54) is 44.9 Å². The van der Waals surface area contributed by atoms with Crippen LogP contribution in [0.3, 0.4) is 0 Å². The third kappa shape index (κ3) is 29.8. The maximum Gasteiger partial charge on any atom is 0.472 e. The number of phosphoric ester groups is 3. The Labute approximate surface area is 400 Å². The molecule has 0 bridgehead atoms. The molecule has 1 rings (SSSR count). The minimum absolute atomic E-state index is 0. The maximum absolute atomic E-state index is 13.0. The molecule has 0 amide bonds. The van der Waals surface area contributed by atoms with Crippen LogP contribution in [0.25, 0.3) is 0 Å². The van der Waals surface area contributed by atoms with Crippen molar-refractivity contribution < 1.29 is 109 Å². The minimum Gasteiger partial charge on any atom is -0.456 e. The zero-order chi connectivity index (χ0) is 47.2. The number of hydrogen-bond acceptors (Lipinski definition) is 14. The fourth-order valence-corrected chi connectivity index (χ4v) is 7.64. The second-order valence-corrected chi connectivity index (χ2v) is 17.3. The summed E-state index contributed by atoms with van der Waals surface area (Å²) in [6, 6.07) is 0. The summed E-state index contributed by atoms with van der Waals surface area (Å²) in [5.41, 5.74) is 0. The van der Waals surface area contributed by atoms with Crippen LogP contribution in [0.1, 0.15) is 122 Å². The molecule has 0 heterocycles. The number of carbonyl (C=O) groups excluding carboxylic acids is 2. The molecule has 0 saturated heterocycles. The van der Waals surface area contributed by atoms with Crippen LogP contribution in [0, 0.1) is 82.9 Å². The molecule has 19 nitrogen and oxygen atoms in total. The van der Waals surface area contributed by atoms with Gasteiger partial charge in [-0.3, -0.25) is 22.9 Å². The Balaban J connectivity index is -0.000000236. The molecule has 0 aromatic carbocycles. The van der Waals surface area contributed by atoms with Gasteiger partial charge in [0.2, 0.25) is 0 Å². The SMILES string of the molecule is CC#CC#CC#CC#CC#CC#CC#CC(=O)OC[C@H](COP(=O)(O)OC1C(O)[C@H](OP(=O)(O)O)C(O)C(OP(=O)(O)O)[C@@H]1O)OC(=O)CCCCCCCCCCCCCCC.S.[HH].[HH].[HH].[HH].[HH].[HH].[HH].[HH].[HH].[HH].[HH].[HH].[HH]. The van der Waals surface area contributed by atoms with Crippen molar-refractivity contribution in [1.29, 1.82) is 0 Å². The highest BCUT2D eigenvalue weighted by Gasteiger charge is 2.56. The van der Waals surface area contributed by atoms with Gasteiger partial charge in [0.25, 0.3) is 0 Å². The number of carbonyl (C=O) groups is 2. The van der Waals surface area contributed by atoms with Crippen molar-refractivity contribution in [3.63, 3.8) is 0 Å². The van der Waals surface area contributed by atoms with Crippen molar-refractivity contribution in [2.45, 2.75) is 146 Å². The van der Waals surface area contributed by atoms with Crippen molar-refractivity contribution >= 4 is 48.9 Å². The summed E-state index contributed by atoms with van der Waals surface area (Å²) in [4.78, 5) is 72.5. The van der Waals surface area contributed by atoms with Gasteiger partial charge in [-0.05, 0) is 84.4 Å². The Kier molecular flexibility index (Phi) is 31.9. The first-order valence-electron chi connectivity index (χ1n) is 19.8. The van der Waals surface area contributed by atoms with E-state index in [9.17, 15) is 63.1 Å². The zero-order valence-electron chi connectivity index (χ0n) is 35.3. The molecular formula is C41H81O19P3S. The summed E-state index contributed by atoms with van der Waals surface area (Å²) in [5.74, 6) is 31.2. The molecule has 1 aliphatic rings. The van der Waals surface area contributed by atoms with Crippen molar-refractivity contribution in [2.75, 3.05) is 13.2 Å². The predicted octanol–water partition coefficient (Wildman–Crippen LogP) is 5.83. The number of rotatable bonds is 26. The first-order valence-corrected chi connectivity index (χ1v) is 24.3. The van der Waals surface area contributed by atoms with Crippen LogP contribution in [0.5, 0.6) is 0 Å². The van der Waals surface area contributed by atoms with E-state index in [0.717, 1.165) is 25.7 Å². The second-order valence-electron chi connectivity index (χ2n) is 13.5. The highest BCUT2D eigenvalue weighted by Crippen LogP contribution is 2.51. The summed E-state index contributed by atoms with van der Waals surface area (Å²) >= 11 is 0. The molecule has 5 unspecified atom stereocenters. The summed E-state index contributed by atoms with van der Waals surface area (Å²) < 4.78 is 64.6. The molecule has 23 heteroatoms. The van der Waals surface area contributed by atoms with Gasteiger partial charge in [0.05, 0.1) is 6.61 Å². The Hall–Kier alpha value is -3.58. The molecule has 8 atom stereocenters. The molecule has 0 aromatic rings. The van der Waals surface area contributed by atoms with E-state index < -0.39 is 91.3 Å². The average Bonchev–Trinajstić information content (AvgIpc) is 3.20. The lowest BCUT2D eigenvalue weighted by Crippen LogP contribution is -2.65. The summed E-state index contributed by atoms with van der Waals surface area (Å²) in [6.45, 7) is 1.96. The molecule has 1 fully saturated rings. The lowest BCUT2D eigenvalue weighted by atomic mass is 9.85. The van der Waals surface area contributed by atoms with Gasteiger partial charge in [-0.15, -0.1) is 0 Å². The third-order valence-electron chi connectivity index (χ3n) is 8.38. The molecule has 1 aliphatic carbocycles. The van der Waals surface area contributed by atoms with E-state index in [1.807, 2.05) is 5.92 Å². The number of aliphatic hydroxyl groups is 3. The lowest BCUT2D eigenvalue weighted by Gasteiger charge is -2.44. The van der Waals surface area contributed by atoms with Crippen molar-refractivity contribution in [1.82, 2.24) is 0 Å². The Bertz CT molecular complexity index is 2090. The number of esters is 2. The summed E-state index contributed by atoms with van der Waals surface area (Å²) in [7, 11) is -16.7. The van der Waals surface area contributed by atoms with Gasteiger partial charge in [-0.2, -0.15) is 13.5 Å². The highest BCUT2D eigenvalue weighted by molar-refractivity contribution is 7.59. The standard InChI is InChI=1S/C41H53O19P3.H2S.13H2/c1-3-5-7-9-11-13-15-17-19-21-23-25-27-29-34(42)55-31-33(57-35(43)30-28-26-24-22-20-18-16-14-12-10-8-6-4-2)32-56-63(53,54)60-41-37(45)39(58-61(47,48)49)36(44)40(38(41)46)59-62(50,51)52;;;;;;;;;;;;;;/h33,36-41,44-46H,4,6,8,10,12,14,16,18,20,22,24,26,28,30-32H2,1-2H3,(H,53,54)(H2,47,48,49)(H2,50,51,52);1H2;13*1H/t33-,36?,37+,38?,39?,40-,41?;;;;;;;;;;;;;;/m1............../s1. The van der Waals surface area contributed by atoms with Crippen LogP contribution >= 0.6 is 37.0 Å². The lowest BCUT2D eigenvalue weighted by molar-refractivity contribution is -0.213. The van der Waals surface area contributed by atoms with Crippen LogP contribution in [0.15, 0.2) is 0 Å². The number of ether oxygens (including phenoxy) is 2. The Morgan fingerprint density at radius 1 is 0.562 bits per heavy atom. The number of unbranched alkanes of at least 4 members (excludes halogenated alkanes) is 12. The van der Waals surface area contributed by atoms with E-state index in [0.29, 0.717) is 12.8 Å². The average molecular weight is 1000 g/mol. The molecule has 1 saturated carbocycles. The van der Waals surface area contributed by atoms with Gasteiger partial charge in [0, 0.05) is 30.9 Å². The van der Waals surface area contributed by atoms with Crippen molar-refractivity contribution in [3.05, 3.63) is 0 Å². The minimum atomic E-state index is -5.58. The molecule has 8 N–H and O–H groups in total. The fraction of sp³-hybridized carbons (Fsp3) is 0.610. The molecule has 0 aromatic heterocycles. The molecule has 0 radical (unpaired) electrons. The first kappa shape index (κ1) is 60.4. The van der Waals surface area contributed by atoms with Crippen LogP contribution in [-0.2, 0) is 50.9 Å². The molecule has 380 valence electrons. The highest BCUT2D eigenvalue weighted by atomic mass is 32.1. The molecule has 0 spiro atoms. The molecule has 0 aliphatic heterocycles. The van der Waals surface area contributed by atoms with Gasteiger partial charge in [0.15, 0.2) is 6.10 Å². The molecule has 64 heavy (non-hydrogen) atoms. The first-order chi connectivity index (χ1) is 29.8.